The minimum Gasteiger partial charge on any atom is -0.308 e. The first-order chi connectivity index (χ1) is 9.04. The van der Waals surface area contributed by atoms with Gasteiger partial charge in [0, 0.05) is 25.7 Å². The normalized spacial score (nSPS) is 24.7. The molecule has 2 atom stereocenters. The number of hydrogen-bond donors (Lipinski definition) is 0. The Balaban J connectivity index is 2.71. The average Bonchev–Trinajstić information content (AvgIpc) is 2.58. The van der Waals surface area contributed by atoms with Crippen LogP contribution in [-0.2, 0) is 0 Å². The van der Waals surface area contributed by atoms with Crippen molar-refractivity contribution < 1.29 is 0 Å². The molecule has 0 aromatic rings. The van der Waals surface area contributed by atoms with Crippen molar-refractivity contribution >= 4 is 0 Å². The fourth-order valence-electron chi connectivity index (χ4n) is 3.07. The van der Waals surface area contributed by atoms with E-state index < -0.39 is 0 Å². The van der Waals surface area contributed by atoms with E-state index in [0.717, 1.165) is 26.1 Å². The maximum atomic E-state index is 9.46. The van der Waals surface area contributed by atoms with Gasteiger partial charge in [0.25, 0.3) is 0 Å². The predicted octanol–water partition coefficient (Wildman–Crippen LogP) is 2.98. The van der Waals surface area contributed by atoms with Gasteiger partial charge < -0.3 is 4.90 Å². The van der Waals surface area contributed by atoms with Gasteiger partial charge in [-0.2, -0.15) is 5.26 Å². The summed E-state index contributed by atoms with van der Waals surface area (Å²) in [4.78, 5) is 4.83. The molecule has 0 saturated heterocycles. The Morgan fingerprint density at radius 1 is 1.11 bits per heavy atom. The van der Waals surface area contributed by atoms with Crippen LogP contribution in [0.3, 0.4) is 0 Å². The lowest BCUT2D eigenvalue weighted by Gasteiger charge is -2.35. The number of likely N-dealkylation sites (N-methyl/N-ethyl adjacent to an activating group) is 1. The molecule has 3 heteroatoms. The minimum absolute atomic E-state index is 0.239. The molecule has 19 heavy (non-hydrogen) atoms. The van der Waals surface area contributed by atoms with Crippen LogP contribution in [0.25, 0.3) is 0 Å². The molecular weight excluding hydrogens is 234 g/mol. The third-order valence-electron chi connectivity index (χ3n) is 4.05. The molecule has 0 aromatic heterocycles. The van der Waals surface area contributed by atoms with Crippen molar-refractivity contribution in [2.24, 2.45) is 11.8 Å². The Labute approximate surface area is 119 Å². The van der Waals surface area contributed by atoms with E-state index in [1.165, 1.54) is 25.7 Å². The molecule has 1 aliphatic rings. The van der Waals surface area contributed by atoms with Gasteiger partial charge in [-0.15, -0.1) is 0 Å². The molecule has 1 rings (SSSR count). The van der Waals surface area contributed by atoms with Crippen molar-refractivity contribution in [3.8, 4) is 6.07 Å². The lowest BCUT2D eigenvalue weighted by Crippen LogP contribution is -2.45. The SMILES string of the molecule is CC(C)CN(CCN(C)C)C1CCCCCC1C#N. The molecule has 1 saturated carbocycles. The van der Waals surface area contributed by atoms with E-state index >= 15 is 0 Å². The fraction of sp³-hybridized carbons (Fsp3) is 0.938. The number of nitrogens with zero attached hydrogens (tertiary/aromatic N) is 3. The van der Waals surface area contributed by atoms with Gasteiger partial charge in [-0.1, -0.05) is 33.1 Å². The maximum Gasteiger partial charge on any atom is 0.0672 e. The largest absolute Gasteiger partial charge is 0.308 e. The second-order valence-electron chi connectivity index (χ2n) is 6.63. The molecule has 110 valence electrons. The van der Waals surface area contributed by atoms with Gasteiger partial charge in [-0.05, 0) is 32.9 Å². The zero-order valence-electron chi connectivity index (χ0n) is 13.2. The highest BCUT2D eigenvalue weighted by Crippen LogP contribution is 2.27. The highest BCUT2D eigenvalue weighted by molar-refractivity contribution is 4.95. The quantitative estimate of drug-likeness (QED) is 0.692. The highest BCUT2D eigenvalue weighted by Gasteiger charge is 2.29. The van der Waals surface area contributed by atoms with Crippen molar-refractivity contribution in [2.45, 2.75) is 52.0 Å². The molecule has 0 amide bonds. The topological polar surface area (TPSA) is 30.3 Å². The third kappa shape index (κ3) is 5.93. The van der Waals surface area contributed by atoms with Crippen molar-refractivity contribution in [3.63, 3.8) is 0 Å². The first-order valence-electron chi connectivity index (χ1n) is 7.83. The van der Waals surface area contributed by atoms with E-state index in [9.17, 15) is 5.26 Å². The Bertz CT molecular complexity index is 280. The lowest BCUT2D eigenvalue weighted by molar-refractivity contribution is 0.126. The molecule has 0 spiro atoms. The zero-order valence-corrected chi connectivity index (χ0v) is 13.2. The van der Waals surface area contributed by atoms with E-state index in [0.29, 0.717) is 12.0 Å². The van der Waals surface area contributed by atoms with Crippen LogP contribution in [0, 0.1) is 23.2 Å². The fourth-order valence-corrected chi connectivity index (χ4v) is 3.07. The van der Waals surface area contributed by atoms with E-state index in [-0.39, 0.29) is 5.92 Å². The summed E-state index contributed by atoms with van der Waals surface area (Å²) in [5.74, 6) is 0.910. The summed E-state index contributed by atoms with van der Waals surface area (Å²) in [6.07, 6.45) is 6.13. The second-order valence-corrected chi connectivity index (χ2v) is 6.63. The standard InChI is InChI=1S/C16H31N3/c1-14(2)13-19(11-10-18(3)4)16-9-7-5-6-8-15(16)12-17/h14-16H,5-11,13H2,1-4H3. The summed E-state index contributed by atoms with van der Waals surface area (Å²) in [6.45, 7) is 7.85. The summed E-state index contributed by atoms with van der Waals surface area (Å²) in [7, 11) is 4.25. The molecule has 0 N–H and O–H groups in total. The van der Waals surface area contributed by atoms with Gasteiger partial charge in [0.1, 0.15) is 0 Å². The third-order valence-corrected chi connectivity index (χ3v) is 4.05. The zero-order chi connectivity index (χ0) is 14.3. The molecule has 3 nitrogen and oxygen atoms in total. The predicted molar refractivity (Wildman–Crippen MR) is 80.9 cm³/mol. The van der Waals surface area contributed by atoms with E-state index in [1.54, 1.807) is 0 Å². The van der Waals surface area contributed by atoms with Gasteiger partial charge in [0.05, 0.1) is 12.0 Å². The van der Waals surface area contributed by atoms with Crippen molar-refractivity contribution in [3.05, 3.63) is 0 Å². The second kappa shape index (κ2) is 8.55. The van der Waals surface area contributed by atoms with Gasteiger partial charge in [-0.25, -0.2) is 0 Å². The lowest BCUT2D eigenvalue weighted by atomic mass is 9.94. The van der Waals surface area contributed by atoms with Crippen molar-refractivity contribution in [2.75, 3.05) is 33.7 Å². The number of rotatable bonds is 6. The summed E-state index contributed by atoms with van der Waals surface area (Å²) < 4.78 is 0. The number of hydrogen-bond acceptors (Lipinski definition) is 3. The van der Waals surface area contributed by atoms with Crippen LogP contribution in [0.1, 0.15) is 46.0 Å². The maximum absolute atomic E-state index is 9.46. The van der Waals surface area contributed by atoms with Gasteiger partial charge in [-0.3, -0.25) is 4.90 Å². The molecular formula is C16H31N3. The molecule has 2 unspecified atom stereocenters. The number of nitriles is 1. The highest BCUT2D eigenvalue weighted by atomic mass is 15.2. The Hall–Kier alpha value is -0.590. The van der Waals surface area contributed by atoms with Crippen LogP contribution >= 0.6 is 0 Å². The molecule has 0 bridgehead atoms. The van der Waals surface area contributed by atoms with Crippen LogP contribution in [-0.4, -0.2) is 49.6 Å². The van der Waals surface area contributed by atoms with Crippen LogP contribution < -0.4 is 0 Å². The van der Waals surface area contributed by atoms with Crippen LogP contribution in [0.4, 0.5) is 0 Å². The summed E-state index contributed by atoms with van der Waals surface area (Å²) in [5, 5.41) is 9.46. The smallest absolute Gasteiger partial charge is 0.0672 e. The Morgan fingerprint density at radius 3 is 2.37 bits per heavy atom. The summed E-state index contributed by atoms with van der Waals surface area (Å²) in [6, 6.07) is 3.06. The van der Waals surface area contributed by atoms with Crippen LogP contribution in [0.5, 0.6) is 0 Å². The molecule has 0 heterocycles. The summed E-state index contributed by atoms with van der Waals surface area (Å²) in [5.41, 5.74) is 0. The molecule has 0 aromatic carbocycles. The van der Waals surface area contributed by atoms with Crippen LogP contribution in [0.15, 0.2) is 0 Å². The first-order valence-corrected chi connectivity index (χ1v) is 7.83. The van der Waals surface area contributed by atoms with E-state index in [1.807, 2.05) is 0 Å². The van der Waals surface area contributed by atoms with Gasteiger partial charge in [0.15, 0.2) is 0 Å². The molecule has 0 radical (unpaired) electrons. The minimum atomic E-state index is 0.239. The Kier molecular flexibility index (Phi) is 7.41. The van der Waals surface area contributed by atoms with Crippen molar-refractivity contribution in [1.82, 2.24) is 9.80 Å². The van der Waals surface area contributed by atoms with Gasteiger partial charge >= 0.3 is 0 Å². The first kappa shape index (κ1) is 16.5. The monoisotopic (exact) mass is 265 g/mol. The molecule has 0 aliphatic heterocycles. The van der Waals surface area contributed by atoms with Gasteiger partial charge in [0.2, 0.25) is 0 Å². The Morgan fingerprint density at radius 2 is 1.79 bits per heavy atom. The summed E-state index contributed by atoms with van der Waals surface area (Å²) >= 11 is 0. The van der Waals surface area contributed by atoms with E-state index in [4.69, 9.17) is 0 Å². The van der Waals surface area contributed by atoms with Crippen molar-refractivity contribution in [1.29, 1.82) is 5.26 Å². The molecule has 1 fully saturated rings. The van der Waals surface area contributed by atoms with E-state index in [2.05, 4.69) is 43.8 Å². The average molecular weight is 265 g/mol. The molecule has 1 aliphatic carbocycles. The van der Waals surface area contributed by atoms with Crippen LogP contribution in [0.2, 0.25) is 0 Å².